The maximum Gasteiger partial charge on any atom is 0.230 e. The van der Waals surface area contributed by atoms with Crippen LogP contribution in [0.15, 0.2) is 47.8 Å². The molecule has 0 aliphatic carbocycles. The smallest absolute Gasteiger partial charge is 0.230 e. The average Bonchev–Trinajstić information content (AvgIpc) is 2.97. The summed E-state index contributed by atoms with van der Waals surface area (Å²) in [5.74, 6) is -0.548. The van der Waals surface area contributed by atoms with Crippen molar-refractivity contribution in [3.05, 3.63) is 69.3 Å². The Morgan fingerprint density at radius 3 is 2.62 bits per heavy atom. The van der Waals surface area contributed by atoms with Gasteiger partial charge >= 0.3 is 0 Å². The molecule has 0 aliphatic rings. The van der Waals surface area contributed by atoms with Gasteiger partial charge in [0, 0.05) is 16.0 Å². The quantitative estimate of drug-likeness (QED) is 0.654. The van der Waals surface area contributed by atoms with Crippen LogP contribution in [0.1, 0.15) is 5.56 Å². The number of nitrogens with one attached hydrogen (secondary N) is 1. The van der Waals surface area contributed by atoms with E-state index in [1.807, 2.05) is 5.38 Å². The number of amides is 1. The summed E-state index contributed by atoms with van der Waals surface area (Å²) in [5, 5.41) is 6.06. The van der Waals surface area contributed by atoms with Gasteiger partial charge in [-0.2, -0.15) is 0 Å². The highest BCUT2D eigenvalue weighted by Gasteiger charge is 2.11. The van der Waals surface area contributed by atoms with E-state index in [0.717, 1.165) is 11.1 Å². The molecule has 0 spiro atoms. The van der Waals surface area contributed by atoms with Gasteiger partial charge in [-0.05, 0) is 35.9 Å². The van der Waals surface area contributed by atoms with E-state index in [4.69, 9.17) is 23.2 Å². The molecule has 0 atom stereocenters. The highest BCUT2D eigenvalue weighted by atomic mass is 35.5. The van der Waals surface area contributed by atoms with Crippen molar-refractivity contribution in [2.24, 2.45) is 0 Å². The van der Waals surface area contributed by atoms with E-state index in [-0.39, 0.29) is 18.1 Å². The standard InChI is InChI=1S/C17H11Cl2FN2OS/c18-11-3-6-13(14(19)8-11)15-9-24-17(21-15)22-16(23)7-10-1-4-12(20)5-2-10/h1-6,8-9H,7H2,(H,21,22,23). The second-order valence-corrected chi connectivity index (χ2v) is 6.72. The van der Waals surface area contributed by atoms with Gasteiger partial charge < -0.3 is 5.32 Å². The summed E-state index contributed by atoms with van der Waals surface area (Å²) in [6.07, 6.45) is 0.150. The van der Waals surface area contributed by atoms with E-state index in [2.05, 4.69) is 10.3 Å². The SMILES string of the molecule is O=C(Cc1ccc(F)cc1)Nc1nc(-c2ccc(Cl)cc2Cl)cs1. The molecule has 1 aromatic heterocycles. The number of carbonyl (C=O) groups excluding carboxylic acids is 1. The van der Waals surface area contributed by atoms with Crippen LogP contribution in [-0.2, 0) is 11.2 Å². The van der Waals surface area contributed by atoms with Crippen LogP contribution in [-0.4, -0.2) is 10.9 Å². The van der Waals surface area contributed by atoms with E-state index < -0.39 is 0 Å². The highest BCUT2D eigenvalue weighted by Crippen LogP contribution is 2.32. The van der Waals surface area contributed by atoms with Gasteiger partial charge in [-0.1, -0.05) is 35.3 Å². The maximum absolute atomic E-state index is 12.9. The first-order valence-corrected chi connectivity index (χ1v) is 8.60. The van der Waals surface area contributed by atoms with Crippen molar-refractivity contribution in [1.82, 2.24) is 4.98 Å². The van der Waals surface area contributed by atoms with Crippen molar-refractivity contribution >= 4 is 45.6 Å². The summed E-state index contributed by atoms with van der Waals surface area (Å²) in [6, 6.07) is 11.0. The second kappa shape index (κ2) is 7.30. The van der Waals surface area contributed by atoms with Crippen LogP contribution in [0.3, 0.4) is 0 Å². The Labute approximate surface area is 152 Å². The van der Waals surface area contributed by atoms with Crippen LogP contribution in [0, 0.1) is 5.82 Å². The largest absolute Gasteiger partial charge is 0.302 e. The number of hydrogen-bond donors (Lipinski definition) is 1. The van der Waals surface area contributed by atoms with Crippen molar-refractivity contribution < 1.29 is 9.18 Å². The van der Waals surface area contributed by atoms with E-state index >= 15 is 0 Å². The zero-order chi connectivity index (χ0) is 17.1. The fraction of sp³-hybridized carbons (Fsp3) is 0.0588. The molecule has 3 nitrogen and oxygen atoms in total. The lowest BCUT2D eigenvalue weighted by molar-refractivity contribution is -0.115. The predicted octanol–water partition coefficient (Wildman–Crippen LogP) is 5.44. The van der Waals surface area contributed by atoms with Gasteiger partial charge in [0.15, 0.2) is 5.13 Å². The van der Waals surface area contributed by atoms with Gasteiger partial charge in [0.1, 0.15) is 5.82 Å². The highest BCUT2D eigenvalue weighted by molar-refractivity contribution is 7.14. The molecule has 1 heterocycles. The number of carbonyl (C=O) groups is 1. The van der Waals surface area contributed by atoms with Gasteiger partial charge in [-0.3, -0.25) is 4.79 Å². The minimum atomic E-state index is -0.330. The number of aromatic nitrogens is 1. The van der Waals surface area contributed by atoms with E-state index in [1.165, 1.54) is 23.5 Å². The van der Waals surface area contributed by atoms with Crippen molar-refractivity contribution in [2.75, 3.05) is 5.32 Å². The van der Waals surface area contributed by atoms with Crippen LogP contribution < -0.4 is 5.32 Å². The van der Waals surface area contributed by atoms with Crippen LogP contribution in [0.2, 0.25) is 10.0 Å². The Morgan fingerprint density at radius 2 is 1.92 bits per heavy atom. The first kappa shape index (κ1) is 16.9. The topological polar surface area (TPSA) is 42.0 Å². The summed E-state index contributed by atoms with van der Waals surface area (Å²) >= 11 is 13.3. The van der Waals surface area contributed by atoms with Crippen molar-refractivity contribution in [3.63, 3.8) is 0 Å². The molecule has 2 aromatic carbocycles. The molecule has 122 valence electrons. The normalized spacial score (nSPS) is 10.6. The van der Waals surface area contributed by atoms with Crippen LogP contribution in [0.5, 0.6) is 0 Å². The molecule has 3 aromatic rings. The minimum Gasteiger partial charge on any atom is -0.302 e. The molecule has 7 heteroatoms. The second-order valence-electron chi connectivity index (χ2n) is 5.01. The molecule has 0 saturated carbocycles. The third-order valence-electron chi connectivity index (χ3n) is 3.24. The summed E-state index contributed by atoms with van der Waals surface area (Å²) < 4.78 is 12.9. The molecule has 0 aliphatic heterocycles. The van der Waals surface area contributed by atoms with E-state index in [9.17, 15) is 9.18 Å². The van der Waals surface area contributed by atoms with Crippen molar-refractivity contribution in [3.8, 4) is 11.3 Å². The van der Waals surface area contributed by atoms with Crippen molar-refractivity contribution in [2.45, 2.75) is 6.42 Å². The Bertz CT molecular complexity index is 881. The van der Waals surface area contributed by atoms with Crippen LogP contribution in [0.25, 0.3) is 11.3 Å². The van der Waals surface area contributed by atoms with Gasteiger partial charge in [0.2, 0.25) is 5.91 Å². The minimum absolute atomic E-state index is 0.150. The number of thiazole rings is 1. The molecular weight excluding hydrogens is 370 g/mol. The number of hydrogen-bond acceptors (Lipinski definition) is 3. The fourth-order valence-electron chi connectivity index (χ4n) is 2.10. The zero-order valence-corrected chi connectivity index (χ0v) is 14.6. The average molecular weight is 381 g/mol. The molecule has 0 bridgehead atoms. The molecule has 0 fully saturated rings. The van der Waals surface area contributed by atoms with E-state index in [0.29, 0.717) is 20.9 Å². The summed E-state index contributed by atoms with van der Waals surface area (Å²) in [5.41, 5.74) is 2.14. The lowest BCUT2D eigenvalue weighted by Gasteiger charge is -2.03. The molecule has 0 unspecified atom stereocenters. The monoisotopic (exact) mass is 380 g/mol. The zero-order valence-electron chi connectivity index (χ0n) is 12.2. The molecule has 0 radical (unpaired) electrons. The summed E-state index contributed by atoms with van der Waals surface area (Å²) in [6.45, 7) is 0. The first-order chi connectivity index (χ1) is 11.5. The number of rotatable bonds is 4. The van der Waals surface area contributed by atoms with Crippen molar-refractivity contribution in [1.29, 1.82) is 0 Å². The molecule has 0 saturated heterocycles. The number of benzene rings is 2. The summed E-state index contributed by atoms with van der Waals surface area (Å²) in [4.78, 5) is 16.4. The number of halogens is 3. The predicted molar refractivity (Wildman–Crippen MR) is 96.3 cm³/mol. The lowest BCUT2D eigenvalue weighted by Crippen LogP contribution is -2.14. The van der Waals surface area contributed by atoms with E-state index in [1.54, 1.807) is 30.3 Å². The summed E-state index contributed by atoms with van der Waals surface area (Å²) in [7, 11) is 0. The number of nitrogens with zero attached hydrogens (tertiary/aromatic N) is 1. The third kappa shape index (κ3) is 4.12. The molecule has 1 N–H and O–H groups in total. The Balaban J connectivity index is 1.69. The Morgan fingerprint density at radius 1 is 1.17 bits per heavy atom. The van der Waals surface area contributed by atoms with Crippen LogP contribution in [0.4, 0.5) is 9.52 Å². The van der Waals surface area contributed by atoms with Gasteiger partial charge in [0.25, 0.3) is 0 Å². The molecule has 3 rings (SSSR count). The Kier molecular flexibility index (Phi) is 5.14. The van der Waals surface area contributed by atoms with Crippen LogP contribution >= 0.6 is 34.5 Å². The van der Waals surface area contributed by atoms with Gasteiger partial charge in [-0.15, -0.1) is 11.3 Å². The number of anilines is 1. The molecule has 24 heavy (non-hydrogen) atoms. The first-order valence-electron chi connectivity index (χ1n) is 6.96. The maximum atomic E-state index is 12.9. The lowest BCUT2D eigenvalue weighted by atomic mass is 10.1. The molecular formula is C17H11Cl2FN2OS. The van der Waals surface area contributed by atoms with Gasteiger partial charge in [-0.25, -0.2) is 9.37 Å². The van der Waals surface area contributed by atoms with Gasteiger partial charge in [0.05, 0.1) is 17.1 Å². The molecule has 1 amide bonds. The fourth-order valence-corrected chi connectivity index (χ4v) is 3.34. The third-order valence-corrected chi connectivity index (χ3v) is 4.54. The Hall–Kier alpha value is -1.95.